The SMILES string of the molecule is CCC1C2CC3(CCN2C(=O)N[C@@H]1OC)C(=O)N(c1ccc(F)c(Cl)c1)C3c1ccc(C#N)cn1. The van der Waals surface area contributed by atoms with Gasteiger partial charge in [-0.25, -0.2) is 9.18 Å². The highest BCUT2D eigenvalue weighted by atomic mass is 35.5. The summed E-state index contributed by atoms with van der Waals surface area (Å²) in [5, 5.41) is 12.1. The molecule has 3 aliphatic heterocycles. The standard InChI is InChI=1S/C25H25ClFN5O3/c1-3-16-20-11-25(8-9-31(20)24(34)30-22(16)35-2)21(19-7-4-14(12-28)13-29-19)32(23(25)33)15-5-6-18(27)17(26)10-15/h4-7,10,13,16,20-22H,3,8-9,11H2,1-2H3,(H,30,34)/t16?,20?,21?,22-,25?/m1/s1. The lowest BCUT2D eigenvalue weighted by molar-refractivity contribution is -0.150. The van der Waals surface area contributed by atoms with Crippen LogP contribution in [0.4, 0.5) is 14.9 Å². The van der Waals surface area contributed by atoms with Crippen LogP contribution >= 0.6 is 11.6 Å². The summed E-state index contributed by atoms with van der Waals surface area (Å²) >= 11 is 6.04. The molecule has 10 heteroatoms. The number of ether oxygens (including phenoxy) is 1. The van der Waals surface area contributed by atoms with E-state index in [9.17, 15) is 19.2 Å². The van der Waals surface area contributed by atoms with Gasteiger partial charge in [0.05, 0.1) is 27.7 Å². The Labute approximate surface area is 207 Å². The van der Waals surface area contributed by atoms with Crippen molar-refractivity contribution >= 4 is 29.2 Å². The van der Waals surface area contributed by atoms with E-state index in [0.29, 0.717) is 36.3 Å². The molecular weight excluding hydrogens is 473 g/mol. The zero-order valence-electron chi connectivity index (χ0n) is 19.4. The highest BCUT2D eigenvalue weighted by molar-refractivity contribution is 6.31. The Morgan fingerprint density at radius 2 is 2.14 bits per heavy atom. The number of pyridine rings is 1. The van der Waals surface area contributed by atoms with Crippen LogP contribution in [0.5, 0.6) is 0 Å². The van der Waals surface area contributed by atoms with Crippen LogP contribution < -0.4 is 10.2 Å². The van der Waals surface area contributed by atoms with Crippen LogP contribution in [0.25, 0.3) is 0 Å². The number of β-lactam (4-membered cyclic amide) rings is 1. The van der Waals surface area contributed by atoms with Crippen LogP contribution in [-0.2, 0) is 9.53 Å². The monoisotopic (exact) mass is 497 g/mol. The minimum atomic E-state index is -0.799. The molecule has 1 aromatic carbocycles. The molecule has 35 heavy (non-hydrogen) atoms. The van der Waals surface area contributed by atoms with Crippen LogP contribution in [0.2, 0.25) is 5.02 Å². The van der Waals surface area contributed by atoms with Crippen molar-refractivity contribution in [2.75, 3.05) is 18.6 Å². The summed E-state index contributed by atoms with van der Waals surface area (Å²) in [5.74, 6) is -0.665. The van der Waals surface area contributed by atoms with Gasteiger partial charge in [0, 0.05) is 37.5 Å². The average Bonchev–Trinajstić information content (AvgIpc) is 2.88. The number of carbonyl (C=O) groups excluding carboxylic acids is 2. The number of hydrogen-bond acceptors (Lipinski definition) is 5. The van der Waals surface area contributed by atoms with E-state index < -0.39 is 23.5 Å². The maximum Gasteiger partial charge on any atom is 0.319 e. The lowest BCUT2D eigenvalue weighted by Gasteiger charge is -2.61. The van der Waals surface area contributed by atoms with Crippen LogP contribution in [0.15, 0.2) is 36.5 Å². The van der Waals surface area contributed by atoms with Crippen molar-refractivity contribution < 1.29 is 18.7 Å². The van der Waals surface area contributed by atoms with E-state index >= 15 is 0 Å². The molecule has 0 radical (unpaired) electrons. The zero-order valence-corrected chi connectivity index (χ0v) is 20.1. The van der Waals surface area contributed by atoms with Gasteiger partial charge in [-0.15, -0.1) is 0 Å². The number of hydrogen-bond donors (Lipinski definition) is 1. The molecule has 3 amide bonds. The molecular formula is C25H25ClFN5O3. The minimum absolute atomic E-state index is 0.00608. The van der Waals surface area contributed by atoms with Crippen molar-refractivity contribution in [3.05, 3.63) is 58.6 Å². The summed E-state index contributed by atoms with van der Waals surface area (Å²) in [6, 6.07) is 8.88. The number of nitrogens with one attached hydrogen (secondary N) is 1. The summed E-state index contributed by atoms with van der Waals surface area (Å²) in [4.78, 5) is 34.6. The number of nitrogens with zero attached hydrogens (tertiary/aromatic N) is 4. The Bertz CT molecular complexity index is 1220. The second-order valence-corrected chi connectivity index (χ2v) is 9.72. The number of rotatable bonds is 4. The van der Waals surface area contributed by atoms with Crippen LogP contribution in [-0.4, -0.2) is 47.7 Å². The predicted octanol–water partition coefficient (Wildman–Crippen LogP) is 4.01. The molecule has 3 saturated heterocycles. The average molecular weight is 498 g/mol. The van der Waals surface area contributed by atoms with Crippen molar-refractivity contribution in [3.63, 3.8) is 0 Å². The minimum Gasteiger partial charge on any atom is -0.361 e. The highest BCUT2D eigenvalue weighted by Gasteiger charge is 2.65. The maximum absolute atomic E-state index is 13.9. The fourth-order valence-corrected chi connectivity index (χ4v) is 6.16. The molecule has 1 N–H and O–H groups in total. The number of benzene rings is 1. The first-order chi connectivity index (χ1) is 16.8. The van der Waals surface area contributed by atoms with Crippen LogP contribution in [0.3, 0.4) is 0 Å². The Hall–Kier alpha value is -3.22. The molecule has 5 atom stereocenters. The Balaban J connectivity index is 1.57. The number of anilines is 1. The van der Waals surface area contributed by atoms with Crippen molar-refractivity contribution in [1.82, 2.24) is 15.2 Å². The maximum atomic E-state index is 13.9. The first kappa shape index (κ1) is 23.5. The number of amides is 3. The number of halogens is 2. The molecule has 2 aromatic rings. The fraction of sp³-hybridized carbons (Fsp3) is 0.440. The number of aromatic nitrogens is 1. The number of fused-ring (bicyclic) bond motifs is 1. The molecule has 1 spiro atoms. The third kappa shape index (κ3) is 3.55. The number of nitriles is 1. The molecule has 4 unspecified atom stereocenters. The van der Waals surface area contributed by atoms with Crippen molar-refractivity contribution in [2.45, 2.75) is 44.5 Å². The van der Waals surface area contributed by atoms with Crippen LogP contribution in [0.1, 0.15) is 43.5 Å². The topological polar surface area (TPSA) is 98.6 Å². The molecule has 3 aliphatic rings. The quantitative estimate of drug-likeness (QED) is 0.643. The largest absolute Gasteiger partial charge is 0.361 e. The van der Waals surface area contributed by atoms with Gasteiger partial charge in [0.15, 0.2) is 0 Å². The summed E-state index contributed by atoms with van der Waals surface area (Å²) in [6.07, 6.45) is 2.73. The van der Waals surface area contributed by atoms with Gasteiger partial charge in [-0.1, -0.05) is 18.5 Å². The van der Waals surface area contributed by atoms with E-state index in [1.807, 2.05) is 11.8 Å². The molecule has 4 heterocycles. The van der Waals surface area contributed by atoms with E-state index in [2.05, 4.69) is 16.4 Å². The Morgan fingerprint density at radius 3 is 2.77 bits per heavy atom. The summed E-state index contributed by atoms with van der Waals surface area (Å²) in [7, 11) is 1.57. The molecule has 3 fully saturated rings. The van der Waals surface area contributed by atoms with Crippen LogP contribution in [0, 0.1) is 28.5 Å². The van der Waals surface area contributed by atoms with Gasteiger partial charge in [0.1, 0.15) is 18.1 Å². The number of piperidine rings is 1. The number of carbonyl (C=O) groups is 2. The van der Waals surface area contributed by atoms with Gasteiger partial charge in [0.25, 0.3) is 0 Å². The van der Waals surface area contributed by atoms with Gasteiger partial charge >= 0.3 is 6.03 Å². The number of urea groups is 1. The molecule has 0 aliphatic carbocycles. The lowest BCUT2D eigenvalue weighted by atomic mass is 9.59. The molecule has 5 rings (SSSR count). The first-order valence-corrected chi connectivity index (χ1v) is 12.0. The second-order valence-electron chi connectivity index (χ2n) is 9.31. The van der Waals surface area contributed by atoms with Gasteiger partial charge < -0.3 is 19.9 Å². The lowest BCUT2D eigenvalue weighted by Crippen LogP contribution is -2.72. The van der Waals surface area contributed by atoms with E-state index in [-0.39, 0.29) is 28.9 Å². The van der Waals surface area contributed by atoms with E-state index in [1.54, 1.807) is 24.1 Å². The summed E-state index contributed by atoms with van der Waals surface area (Å²) in [6.45, 7) is 2.46. The van der Waals surface area contributed by atoms with Crippen molar-refractivity contribution in [1.29, 1.82) is 5.26 Å². The normalized spacial score (nSPS) is 29.9. The van der Waals surface area contributed by atoms with E-state index in [0.717, 1.165) is 6.42 Å². The summed E-state index contributed by atoms with van der Waals surface area (Å²) < 4.78 is 19.4. The third-order valence-electron chi connectivity index (χ3n) is 7.71. The number of methoxy groups -OCH3 is 1. The molecule has 1 aromatic heterocycles. The third-order valence-corrected chi connectivity index (χ3v) is 8.00. The summed E-state index contributed by atoms with van der Waals surface area (Å²) in [5.41, 5.74) is 0.729. The van der Waals surface area contributed by atoms with Crippen molar-refractivity contribution in [3.8, 4) is 6.07 Å². The Kier molecular flexibility index (Phi) is 5.90. The molecule has 0 bridgehead atoms. The second kappa shape index (κ2) is 8.77. The van der Waals surface area contributed by atoms with Gasteiger partial charge in [-0.05, 0) is 49.6 Å². The predicted molar refractivity (Wildman–Crippen MR) is 126 cm³/mol. The molecule has 8 nitrogen and oxygen atoms in total. The molecule has 0 saturated carbocycles. The Morgan fingerprint density at radius 1 is 1.34 bits per heavy atom. The van der Waals surface area contributed by atoms with E-state index in [4.69, 9.17) is 16.3 Å². The van der Waals surface area contributed by atoms with Gasteiger partial charge in [0.2, 0.25) is 5.91 Å². The molecule has 182 valence electrons. The van der Waals surface area contributed by atoms with E-state index in [1.165, 1.54) is 24.4 Å². The first-order valence-electron chi connectivity index (χ1n) is 11.6. The van der Waals surface area contributed by atoms with Gasteiger partial charge in [-0.3, -0.25) is 9.78 Å². The van der Waals surface area contributed by atoms with Gasteiger partial charge in [-0.2, -0.15) is 5.26 Å². The van der Waals surface area contributed by atoms with Crippen molar-refractivity contribution in [2.24, 2.45) is 11.3 Å². The smallest absolute Gasteiger partial charge is 0.319 e. The fourth-order valence-electron chi connectivity index (χ4n) is 5.99. The zero-order chi connectivity index (χ0) is 24.9. The highest BCUT2D eigenvalue weighted by Crippen LogP contribution is 2.59.